The highest BCUT2D eigenvalue weighted by atomic mass is 31.2. The Morgan fingerprint density at radius 3 is 1.26 bits per heavy atom. The van der Waals surface area contributed by atoms with E-state index in [9.17, 15) is 5.11 Å². The molecule has 0 unspecified atom stereocenters. The van der Waals surface area contributed by atoms with E-state index in [1.807, 2.05) is 42.5 Å². The molecule has 174 valence electrons. The van der Waals surface area contributed by atoms with Crippen molar-refractivity contribution in [1.82, 2.24) is 0 Å². The Kier molecular flexibility index (Phi) is 8.49. The Morgan fingerprint density at radius 1 is 0.486 bits per heavy atom. The summed E-state index contributed by atoms with van der Waals surface area (Å²) in [5.41, 5.74) is 2.04. The van der Waals surface area contributed by atoms with Gasteiger partial charge in [-0.05, 0) is 55.3 Å². The van der Waals surface area contributed by atoms with Gasteiger partial charge in [-0.15, -0.1) is 5.75 Å². The van der Waals surface area contributed by atoms with Crippen LogP contribution in [-0.2, 0) is 6.42 Å². The van der Waals surface area contributed by atoms with Crippen LogP contribution in [0.1, 0.15) is 18.1 Å². The number of para-hydroxylation sites is 1. The molecule has 5 aromatic rings. The molecule has 0 spiro atoms. The lowest BCUT2D eigenvalue weighted by atomic mass is 10.0. The molecule has 35 heavy (non-hydrogen) atoms. The number of hydrogen-bond acceptors (Lipinski definition) is 1. The average molecular weight is 475 g/mol. The van der Waals surface area contributed by atoms with E-state index in [0.29, 0.717) is 0 Å². The van der Waals surface area contributed by atoms with Gasteiger partial charge in [-0.25, -0.2) is 0 Å². The predicted octanol–water partition coefficient (Wildman–Crippen LogP) is 6.35. The summed E-state index contributed by atoms with van der Waals surface area (Å²) in [4.78, 5) is 0. The first-order valence-corrected chi connectivity index (χ1v) is 14.0. The summed E-state index contributed by atoms with van der Waals surface area (Å²) in [6.07, 6.45) is 1.87. The van der Waals surface area contributed by atoms with Crippen molar-refractivity contribution in [3.8, 4) is 5.75 Å². The van der Waals surface area contributed by atoms with E-state index in [4.69, 9.17) is 0 Å². The molecule has 0 aliphatic rings. The molecule has 0 atom stereocenters. The van der Waals surface area contributed by atoms with E-state index in [1.165, 1.54) is 21.5 Å². The van der Waals surface area contributed by atoms with E-state index >= 15 is 0 Å². The predicted molar refractivity (Wildman–Crippen MR) is 151 cm³/mol. The van der Waals surface area contributed by atoms with E-state index < -0.39 is 7.26 Å². The van der Waals surface area contributed by atoms with E-state index in [2.05, 4.69) is 97.9 Å². The number of benzene rings is 5. The molecule has 0 aromatic heterocycles. The number of hydrogen-bond donors (Lipinski definition) is 0. The van der Waals surface area contributed by atoms with Gasteiger partial charge in [0.25, 0.3) is 0 Å². The molecule has 0 saturated heterocycles. The normalized spacial score (nSPS) is 10.8. The van der Waals surface area contributed by atoms with Gasteiger partial charge < -0.3 is 5.11 Å². The Bertz CT molecular complexity index is 1190. The van der Waals surface area contributed by atoms with Crippen molar-refractivity contribution in [2.45, 2.75) is 13.3 Å². The average Bonchev–Trinajstić information content (AvgIpc) is 2.94. The van der Waals surface area contributed by atoms with Crippen molar-refractivity contribution < 1.29 is 5.11 Å². The van der Waals surface area contributed by atoms with Crippen molar-refractivity contribution in [3.05, 3.63) is 157 Å². The maximum Gasteiger partial charge on any atom is 0.111 e. The first kappa shape index (κ1) is 24.5. The molecular formula is C33H31OP. The molecule has 0 N–H and O–H groups in total. The topological polar surface area (TPSA) is 23.1 Å². The molecule has 5 rings (SSSR count). The fourth-order valence-electron chi connectivity index (χ4n) is 4.51. The molecule has 2 heteroatoms. The highest BCUT2D eigenvalue weighted by Gasteiger charge is 2.43. The van der Waals surface area contributed by atoms with Gasteiger partial charge in [0.05, 0.1) is 6.16 Å². The molecule has 0 bridgehead atoms. The van der Waals surface area contributed by atoms with Crippen LogP contribution in [0.25, 0.3) is 0 Å². The van der Waals surface area contributed by atoms with Crippen molar-refractivity contribution >= 4 is 23.2 Å². The lowest BCUT2D eigenvalue weighted by molar-refractivity contribution is -0.269. The third kappa shape index (κ3) is 5.88. The minimum atomic E-state index is -1.53. The van der Waals surface area contributed by atoms with E-state index in [-0.39, 0.29) is 5.75 Å². The summed E-state index contributed by atoms with van der Waals surface area (Å²) in [6, 6.07) is 50.2. The summed E-state index contributed by atoms with van der Waals surface area (Å²) >= 11 is 0. The van der Waals surface area contributed by atoms with Crippen LogP contribution in [0.2, 0.25) is 0 Å². The van der Waals surface area contributed by atoms with Gasteiger partial charge in [-0.2, -0.15) is 0 Å². The maximum absolute atomic E-state index is 11.4. The molecule has 0 saturated carbocycles. The highest BCUT2D eigenvalue weighted by molar-refractivity contribution is 7.95. The molecule has 1 nitrogen and oxygen atoms in total. The van der Waals surface area contributed by atoms with E-state index in [0.717, 1.165) is 18.1 Å². The van der Waals surface area contributed by atoms with Gasteiger partial charge >= 0.3 is 0 Å². The standard InChI is InChI=1S/C20H20P.C13H12O/c1-2-21(18-12-6-3-7-13-18,19-14-8-4-9-15-19)20-16-10-5-11-17-20;14-13-9-5-4-8-12(13)10-11-6-2-1-3-7-11/h3-17H,2H2,1H3;1-9,14H,10H2/q+1;/p-1. The summed E-state index contributed by atoms with van der Waals surface area (Å²) < 4.78 is 0. The third-order valence-corrected chi connectivity index (χ3v) is 10.8. The zero-order valence-corrected chi connectivity index (χ0v) is 21.0. The van der Waals surface area contributed by atoms with Crippen LogP contribution in [0, 0.1) is 0 Å². The quantitative estimate of drug-likeness (QED) is 0.263. The molecular weight excluding hydrogens is 443 g/mol. The molecule has 0 fully saturated rings. The van der Waals surface area contributed by atoms with Gasteiger partial charge in [-0.1, -0.05) is 115 Å². The SMILES string of the molecule is CC[P+](c1ccccc1)(c1ccccc1)c1ccccc1.[O-]c1ccccc1Cc1ccccc1. The van der Waals surface area contributed by atoms with Crippen LogP contribution in [0.5, 0.6) is 5.75 Å². The minimum absolute atomic E-state index is 0.122. The van der Waals surface area contributed by atoms with Crippen LogP contribution in [-0.4, -0.2) is 6.16 Å². The van der Waals surface area contributed by atoms with Gasteiger partial charge in [0.15, 0.2) is 0 Å². The van der Waals surface area contributed by atoms with Crippen LogP contribution < -0.4 is 21.0 Å². The summed E-state index contributed by atoms with van der Waals surface area (Å²) in [5, 5.41) is 15.8. The van der Waals surface area contributed by atoms with Crippen molar-refractivity contribution in [2.24, 2.45) is 0 Å². The smallest absolute Gasteiger partial charge is 0.111 e. The first-order valence-electron chi connectivity index (χ1n) is 12.1. The summed E-state index contributed by atoms with van der Waals surface area (Å²) in [7, 11) is -1.53. The van der Waals surface area contributed by atoms with Gasteiger partial charge in [0.2, 0.25) is 0 Å². The van der Waals surface area contributed by atoms with Gasteiger partial charge in [0, 0.05) is 0 Å². The lowest BCUT2D eigenvalue weighted by Gasteiger charge is -2.26. The monoisotopic (exact) mass is 474 g/mol. The second kappa shape index (κ2) is 12.2. The minimum Gasteiger partial charge on any atom is -0.872 e. The molecule has 0 amide bonds. The van der Waals surface area contributed by atoms with Gasteiger partial charge in [-0.3, -0.25) is 0 Å². The van der Waals surface area contributed by atoms with Crippen LogP contribution in [0.3, 0.4) is 0 Å². The molecule has 0 heterocycles. The fourth-order valence-corrected chi connectivity index (χ4v) is 8.54. The Morgan fingerprint density at radius 2 is 0.857 bits per heavy atom. The molecule has 5 aromatic carbocycles. The fraction of sp³-hybridized carbons (Fsp3) is 0.0909. The summed E-state index contributed by atoms with van der Waals surface area (Å²) in [6.45, 7) is 2.32. The lowest BCUT2D eigenvalue weighted by Crippen LogP contribution is -2.32. The van der Waals surface area contributed by atoms with E-state index in [1.54, 1.807) is 12.1 Å². The Balaban J connectivity index is 0.000000179. The molecule has 0 radical (unpaired) electrons. The number of rotatable bonds is 6. The zero-order chi connectivity index (χ0) is 24.3. The molecule has 0 aliphatic carbocycles. The van der Waals surface area contributed by atoms with Crippen molar-refractivity contribution in [3.63, 3.8) is 0 Å². The zero-order valence-electron chi connectivity index (χ0n) is 20.1. The Labute approximate surface area is 210 Å². The first-order chi connectivity index (χ1) is 17.2. The highest BCUT2D eigenvalue weighted by Crippen LogP contribution is 2.54. The van der Waals surface area contributed by atoms with Gasteiger partial charge in [0.1, 0.15) is 23.2 Å². The van der Waals surface area contributed by atoms with Crippen molar-refractivity contribution in [2.75, 3.05) is 6.16 Å². The van der Waals surface area contributed by atoms with Crippen LogP contribution in [0.15, 0.2) is 146 Å². The van der Waals surface area contributed by atoms with Crippen LogP contribution in [0.4, 0.5) is 0 Å². The Hall–Kier alpha value is -3.67. The third-order valence-electron chi connectivity index (χ3n) is 6.28. The second-order valence-corrected chi connectivity index (χ2v) is 12.2. The maximum atomic E-state index is 11.4. The van der Waals surface area contributed by atoms with Crippen molar-refractivity contribution in [1.29, 1.82) is 0 Å². The second-order valence-electron chi connectivity index (χ2n) is 8.40. The summed E-state index contributed by atoms with van der Waals surface area (Å²) in [5.74, 6) is 0.122. The van der Waals surface area contributed by atoms with Crippen LogP contribution >= 0.6 is 7.26 Å². The largest absolute Gasteiger partial charge is 0.872 e. The molecule has 0 aliphatic heterocycles.